The molecule has 12 rings (SSSR count). The van der Waals surface area contributed by atoms with Crippen LogP contribution in [0.15, 0.2) is 212 Å². The fourth-order valence-corrected chi connectivity index (χ4v) is 9.04. The van der Waals surface area contributed by atoms with Gasteiger partial charge < -0.3 is 0 Å². The normalized spacial score (nSPS) is 11.7. The van der Waals surface area contributed by atoms with E-state index in [1.807, 2.05) is 0 Å². The fourth-order valence-electron chi connectivity index (χ4n) is 9.04. The van der Waals surface area contributed by atoms with Gasteiger partial charge in [0.1, 0.15) is 0 Å². The number of rotatable bonds is 5. The maximum Gasteiger partial charge on any atom is 0.160 e. The van der Waals surface area contributed by atoms with Crippen molar-refractivity contribution in [3.05, 3.63) is 212 Å². The Morgan fingerprint density at radius 3 is 1.23 bits per heavy atom. The molecular formula is C57H35N3. The number of hydrogen-bond acceptors (Lipinski definition) is 3. The molecule has 3 nitrogen and oxygen atoms in total. The third-order valence-corrected chi connectivity index (χ3v) is 12.0. The molecule has 2 heterocycles. The van der Waals surface area contributed by atoms with Gasteiger partial charge in [-0.2, -0.15) is 0 Å². The molecule has 278 valence electrons. The van der Waals surface area contributed by atoms with Crippen molar-refractivity contribution in [2.24, 2.45) is 0 Å². The van der Waals surface area contributed by atoms with E-state index in [-0.39, 0.29) is 0 Å². The smallest absolute Gasteiger partial charge is 0.160 e. The van der Waals surface area contributed by atoms with Gasteiger partial charge in [0.05, 0.1) is 22.6 Å². The van der Waals surface area contributed by atoms with Crippen molar-refractivity contribution in [3.8, 4) is 56.3 Å². The highest BCUT2D eigenvalue weighted by atomic mass is 14.9. The Labute approximate surface area is 346 Å². The molecule has 0 aliphatic carbocycles. The predicted molar refractivity (Wildman–Crippen MR) is 252 cm³/mol. The lowest BCUT2D eigenvalue weighted by atomic mass is 9.89. The van der Waals surface area contributed by atoms with E-state index in [9.17, 15) is 0 Å². The monoisotopic (exact) mass is 761 g/mol. The molecule has 10 aromatic carbocycles. The van der Waals surface area contributed by atoms with E-state index in [4.69, 9.17) is 15.0 Å². The summed E-state index contributed by atoms with van der Waals surface area (Å²) in [5, 5.41) is 13.4. The maximum absolute atomic E-state index is 5.35. The number of para-hydroxylation sites is 1. The second kappa shape index (κ2) is 13.8. The lowest BCUT2D eigenvalue weighted by Gasteiger charge is -2.16. The van der Waals surface area contributed by atoms with Crippen LogP contribution in [0.1, 0.15) is 0 Å². The lowest BCUT2D eigenvalue weighted by molar-refractivity contribution is 1.18. The van der Waals surface area contributed by atoms with E-state index in [2.05, 4.69) is 212 Å². The van der Waals surface area contributed by atoms with Gasteiger partial charge in [0.15, 0.2) is 5.82 Å². The van der Waals surface area contributed by atoms with E-state index in [1.165, 1.54) is 59.2 Å². The largest absolute Gasteiger partial charge is 0.247 e. The van der Waals surface area contributed by atoms with Gasteiger partial charge >= 0.3 is 0 Å². The number of pyridine rings is 1. The average Bonchev–Trinajstić information content (AvgIpc) is 3.33. The van der Waals surface area contributed by atoms with Gasteiger partial charge in [0.25, 0.3) is 0 Å². The van der Waals surface area contributed by atoms with Crippen molar-refractivity contribution in [2.45, 2.75) is 0 Å². The zero-order chi connectivity index (χ0) is 39.6. The number of nitrogens with zero attached hydrogens (tertiary/aromatic N) is 3. The minimum atomic E-state index is 0.694. The third-order valence-electron chi connectivity index (χ3n) is 12.0. The Balaban J connectivity index is 0.945. The van der Waals surface area contributed by atoms with Gasteiger partial charge in [-0.3, -0.25) is 0 Å². The van der Waals surface area contributed by atoms with Crippen LogP contribution in [0, 0.1) is 0 Å². The zero-order valence-electron chi connectivity index (χ0n) is 32.5. The quantitative estimate of drug-likeness (QED) is 0.164. The molecule has 12 aromatic rings. The summed E-state index contributed by atoms with van der Waals surface area (Å²) in [6.07, 6.45) is 0. The van der Waals surface area contributed by atoms with Crippen molar-refractivity contribution >= 4 is 64.8 Å². The van der Waals surface area contributed by atoms with E-state index >= 15 is 0 Å². The van der Waals surface area contributed by atoms with Crippen LogP contribution in [0.5, 0.6) is 0 Å². The number of hydrogen-bond donors (Lipinski definition) is 0. The van der Waals surface area contributed by atoms with Crippen LogP contribution < -0.4 is 0 Å². The van der Waals surface area contributed by atoms with Gasteiger partial charge in [-0.05, 0) is 78.5 Å². The Kier molecular flexibility index (Phi) is 7.85. The highest BCUT2D eigenvalue weighted by molar-refractivity contribution is 6.33. The molecule has 0 radical (unpaired) electrons. The minimum Gasteiger partial charge on any atom is -0.247 e. The Morgan fingerprint density at radius 1 is 0.250 bits per heavy atom. The number of aromatic nitrogens is 3. The van der Waals surface area contributed by atoms with Crippen molar-refractivity contribution < 1.29 is 0 Å². The SMILES string of the molecule is c1ccc2cc(-c3cc(-c4ccc5ccccc5c4)nc(-c4ccc(-c5ccc(-c6nc7ccccc7c7c8ccccc8c8ccccc8c67)cc5)cc4)n3)ccc2c1. The summed E-state index contributed by atoms with van der Waals surface area (Å²) in [7, 11) is 0. The molecule has 0 atom stereocenters. The predicted octanol–water partition coefficient (Wildman–Crippen LogP) is 15.1. The van der Waals surface area contributed by atoms with Crippen molar-refractivity contribution in [2.75, 3.05) is 0 Å². The Bertz CT molecular complexity index is 3550. The van der Waals surface area contributed by atoms with E-state index in [0.717, 1.165) is 56.0 Å². The topological polar surface area (TPSA) is 38.7 Å². The molecule has 0 saturated carbocycles. The molecule has 0 fully saturated rings. The first-order valence-electron chi connectivity index (χ1n) is 20.4. The minimum absolute atomic E-state index is 0.694. The summed E-state index contributed by atoms with van der Waals surface area (Å²) in [6, 6.07) is 75.7. The van der Waals surface area contributed by atoms with Gasteiger partial charge in [-0.1, -0.05) is 188 Å². The van der Waals surface area contributed by atoms with Gasteiger partial charge in [-0.15, -0.1) is 0 Å². The summed E-state index contributed by atoms with van der Waals surface area (Å²) in [4.78, 5) is 15.7. The second-order valence-electron chi connectivity index (χ2n) is 15.6. The number of benzene rings is 10. The fraction of sp³-hybridized carbons (Fsp3) is 0. The van der Waals surface area contributed by atoms with E-state index < -0.39 is 0 Å². The summed E-state index contributed by atoms with van der Waals surface area (Å²) >= 11 is 0. The summed E-state index contributed by atoms with van der Waals surface area (Å²) in [5.41, 5.74) is 10.2. The summed E-state index contributed by atoms with van der Waals surface area (Å²) in [5.74, 6) is 0.694. The molecule has 60 heavy (non-hydrogen) atoms. The maximum atomic E-state index is 5.35. The van der Waals surface area contributed by atoms with Gasteiger partial charge in [0, 0.05) is 38.4 Å². The first kappa shape index (κ1) is 34.1. The van der Waals surface area contributed by atoms with E-state index in [1.54, 1.807) is 0 Å². The van der Waals surface area contributed by atoms with Crippen LogP contribution >= 0.6 is 0 Å². The highest BCUT2D eigenvalue weighted by Gasteiger charge is 2.18. The molecule has 0 aliphatic heterocycles. The number of fused-ring (bicyclic) bond motifs is 10. The van der Waals surface area contributed by atoms with Crippen LogP contribution in [0.3, 0.4) is 0 Å². The molecule has 0 spiro atoms. The van der Waals surface area contributed by atoms with Gasteiger partial charge in [-0.25, -0.2) is 15.0 Å². The molecule has 0 N–H and O–H groups in total. The first-order valence-corrected chi connectivity index (χ1v) is 20.4. The van der Waals surface area contributed by atoms with Crippen molar-refractivity contribution in [3.63, 3.8) is 0 Å². The summed E-state index contributed by atoms with van der Waals surface area (Å²) < 4.78 is 0. The van der Waals surface area contributed by atoms with Crippen molar-refractivity contribution in [1.29, 1.82) is 0 Å². The van der Waals surface area contributed by atoms with Gasteiger partial charge in [0.2, 0.25) is 0 Å². The third kappa shape index (κ3) is 5.71. The summed E-state index contributed by atoms with van der Waals surface area (Å²) in [6.45, 7) is 0. The molecule has 0 unspecified atom stereocenters. The molecule has 0 bridgehead atoms. The molecule has 0 amide bonds. The standard InChI is InChI=1S/C57H35N3/c1-3-13-42-33-44(31-25-36(42)11-1)52-35-53(45-32-26-37-12-2-4-14-43(37)34-45)60-57(59-52)41-29-23-39(24-30-41)38-21-27-40(28-22-38)56-55-49-18-8-6-16-47(49)46-15-5-7-17-48(46)54(55)50-19-9-10-20-51(50)58-56/h1-35H. The molecule has 2 aromatic heterocycles. The highest BCUT2D eigenvalue weighted by Crippen LogP contribution is 2.43. The van der Waals surface area contributed by atoms with Crippen molar-refractivity contribution in [1.82, 2.24) is 15.0 Å². The molecule has 3 heteroatoms. The lowest BCUT2D eigenvalue weighted by Crippen LogP contribution is -1.96. The molecule has 0 aliphatic rings. The average molecular weight is 762 g/mol. The Hall–Kier alpha value is -8.01. The first-order chi connectivity index (χ1) is 29.7. The molecular weight excluding hydrogens is 727 g/mol. The van der Waals surface area contributed by atoms with Crippen LogP contribution in [-0.4, -0.2) is 15.0 Å². The van der Waals surface area contributed by atoms with Crippen LogP contribution in [0.25, 0.3) is 121 Å². The van der Waals surface area contributed by atoms with Crippen LogP contribution in [0.2, 0.25) is 0 Å². The zero-order valence-corrected chi connectivity index (χ0v) is 32.5. The van der Waals surface area contributed by atoms with E-state index in [0.29, 0.717) is 5.82 Å². The van der Waals surface area contributed by atoms with Crippen LogP contribution in [0.4, 0.5) is 0 Å². The Morgan fingerprint density at radius 2 is 0.667 bits per heavy atom. The van der Waals surface area contributed by atoms with Crippen LogP contribution in [-0.2, 0) is 0 Å². The molecule has 0 saturated heterocycles. The second-order valence-corrected chi connectivity index (χ2v) is 15.6.